The lowest BCUT2D eigenvalue weighted by Gasteiger charge is -2.13. The quantitative estimate of drug-likeness (QED) is 0.235. The summed E-state index contributed by atoms with van der Waals surface area (Å²) in [7, 11) is 0. The zero-order valence-corrected chi connectivity index (χ0v) is 19.4. The second-order valence-electron chi connectivity index (χ2n) is 8.01. The van der Waals surface area contributed by atoms with Gasteiger partial charge in [-0.2, -0.15) is 0 Å². The van der Waals surface area contributed by atoms with Crippen LogP contribution >= 0.6 is 0 Å². The number of hydrogen-bond acceptors (Lipinski definition) is 4. The molecule has 2 N–H and O–H groups in total. The Morgan fingerprint density at radius 3 is 2.39 bits per heavy atom. The van der Waals surface area contributed by atoms with E-state index < -0.39 is 12.3 Å². The number of hydrogen-bond donors (Lipinski definition) is 2. The van der Waals surface area contributed by atoms with Crippen LogP contribution in [0.5, 0.6) is 11.5 Å². The van der Waals surface area contributed by atoms with Gasteiger partial charge in [-0.3, -0.25) is 9.59 Å². The van der Waals surface area contributed by atoms with Crippen molar-refractivity contribution in [2.45, 2.75) is 38.6 Å². The summed E-state index contributed by atoms with van der Waals surface area (Å²) >= 11 is 0. The third kappa shape index (κ3) is 8.65. The summed E-state index contributed by atoms with van der Waals surface area (Å²) in [6.07, 6.45) is -1.42. The van der Waals surface area contributed by atoms with Crippen LogP contribution < -0.4 is 14.8 Å². The molecule has 0 saturated heterocycles. The Morgan fingerprint density at radius 2 is 1.67 bits per heavy atom. The van der Waals surface area contributed by atoms with E-state index in [1.807, 2.05) is 42.5 Å². The van der Waals surface area contributed by atoms with E-state index in [2.05, 4.69) is 10.1 Å². The van der Waals surface area contributed by atoms with E-state index in [4.69, 9.17) is 9.84 Å². The number of unbranched alkanes of at least 4 members (excludes halogenated alkanes) is 2. The average molecular weight is 502 g/mol. The third-order valence-corrected chi connectivity index (χ3v) is 5.27. The van der Waals surface area contributed by atoms with E-state index in [1.54, 1.807) is 6.08 Å². The molecule has 0 aliphatic carbocycles. The molecule has 0 radical (unpaired) electrons. The third-order valence-electron chi connectivity index (χ3n) is 5.27. The number of halogens is 3. The predicted octanol–water partition coefficient (Wildman–Crippen LogP) is 6.01. The molecule has 0 unspecified atom stereocenters. The van der Waals surface area contributed by atoms with Crippen LogP contribution in [0.1, 0.15) is 31.2 Å². The van der Waals surface area contributed by atoms with Gasteiger partial charge >= 0.3 is 12.3 Å². The summed E-state index contributed by atoms with van der Waals surface area (Å²) in [6.45, 7) is 0.0902. The van der Waals surface area contributed by atoms with Crippen molar-refractivity contribution in [3.63, 3.8) is 0 Å². The van der Waals surface area contributed by atoms with Crippen LogP contribution in [0, 0.1) is 0 Å². The molecule has 1 amide bonds. The first-order valence-corrected chi connectivity index (χ1v) is 11.4. The number of alkyl halides is 3. The molecule has 3 aromatic carbocycles. The van der Waals surface area contributed by atoms with E-state index in [0.717, 1.165) is 10.8 Å². The number of carboxylic acid groups (broad SMARTS) is 1. The minimum absolute atomic E-state index is 0.00285. The Kier molecular flexibility index (Phi) is 9.32. The standard InChI is InChI=1S/C27H26F3NO5/c28-27(29,30)36-22-15-13-19(14-16-22)17-31-26(34)21(8-2-1-3-12-25(32)33)18-35-24-11-6-9-20-7-4-5-10-23(20)24/h4-11,13-16H,1-3,12,17-18H2,(H,31,34)(H,32,33). The molecule has 9 heteroatoms. The van der Waals surface area contributed by atoms with Crippen molar-refractivity contribution in [2.24, 2.45) is 0 Å². The SMILES string of the molecule is O=C(O)CCCCC=C(COc1cccc2ccccc12)C(=O)NCc1ccc(OC(F)(F)F)cc1. The zero-order chi connectivity index (χ0) is 26.0. The highest BCUT2D eigenvalue weighted by Crippen LogP contribution is 2.26. The van der Waals surface area contributed by atoms with Gasteiger partial charge in [-0.1, -0.05) is 54.6 Å². The molecule has 0 aliphatic heterocycles. The van der Waals surface area contributed by atoms with Crippen LogP contribution in [0.3, 0.4) is 0 Å². The average Bonchev–Trinajstić information content (AvgIpc) is 2.84. The highest BCUT2D eigenvalue weighted by Gasteiger charge is 2.30. The van der Waals surface area contributed by atoms with Crippen molar-refractivity contribution >= 4 is 22.6 Å². The molecule has 0 fully saturated rings. The lowest BCUT2D eigenvalue weighted by molar-refractivity contribution is -0.274. The molecule has 0 saturated carbocycles. The van der Waals surface area contributed by atoms with Crippen molar-refractivity contribution in [3.8, 4) is 11.5 Å². The molecular weight excluding hydrogens is 475 g/mol. The fourth-order valence-corrected chi connectivity index (χ4v) is 3.50. The minimum Gasteiger partial charge on any atom is -0.488 e. The first-order valence-electron chi connectivity index (χ1n) is 11.4. The van der Waals surface area contributed by atoms with E-state index in [0.29, 0.717) is 36.1 Å². The molecular formula is C27H26F3NO5. The largest absolute Gasteiger partial charge is 0.573 e. The first-order chi connectivity index (χ1) is 17.2. The van der Waals surface area contributed by atoms with Gasteiger partial charge in [0, 0.05) is 18.4 Å². The molecule has 6 nitrogen and oxygen atoms in total. The minimum atomic E-state index is -4.77. The van der Waals surface area contributed by atoms with Crippen molar-refractivity contribution in [1.82, 2.24) is 5.32 Å². The van der Waals surface area contributed by atoms with Crippen molar-refractivity contribution in [1.29, 1.82) is 0 Å². The Bertz CT molecular complexity index is 1200. The van der Waals surface area contributed by atoms with E-state index in [1.165, 1.54) is 24.3 Å². The molecule has 3 aromatic rings. The number of amides is 1. The first kappa shape index (κ1) is 26.6. The molecule has 0 aliphatic rings. The fourth-order valence-electron chi connectivity index (χ4n) is 3.50. The smallest absolute Gasteiger partial charge is 0.488 e. The number of carbonyl (C=O) groups excluding carboxylic acids is 1. The van der Waals surface area contributed by atoms with Gasteiger partial charge in [0.05, 0.1) is 5.57 Å². The van der Waals surface area contributed by atoms with Crippen molar-refractivity contribution in [2.75, 3.05) is 6.61 Å². The molecule has 0 spiro atoms. The van der Waals surface area contributed by atoms with Gasteiger partial charge in [0.25, 0.3) is 5.91 Å². The van der Waals surface area contributed by atoms with Gasteiger partial charge in [0.1, 0.15) is 18.1 Å². The topological polar surface area (TPSA) is 84.9 Å². The van der Waals surface area contributed by atoms with Crippen LogP contribution in [-0.4, -0.2) is 30.0 Å². The lowest BCUT2D eigenvalue weighted by atomic mass is 10.1. The van der Waals surface area contributed by atoms with Crippen LogP contribution in [0.15, 0.2) is 78.4 Å². The van der Waals surface area contributed by atoms with E-state index >= 15 is 0 Å². The highest BCUT2D eigenvalue weighted by molar-refractivity contribution is 5.94. The second-order valence-corrected chi connectivity index (χ2v) is 8.01. The summed E-state index contributed by atoms with van der Waals surface area (Å²) in [5.41, 5.74) is 0.962. The Hall–Kier alpha value is -4.01. The monoisotopic (exact) mass is 501 g/mol. The van der Waals surface area contributed by atoms with Gasteiger partial charge < -0.3 is 19.9 Å². The number of allylic oxidation sites excluding steroid dienone is 1. The Morgan fingerprint density at radius 1 is 0.944 bits per heavy atom. The number of ether oxygens (including phenoxy) is 2. The fraction of sp³-hybridized carbons (Fsp3) is 0.259. The second kappa shape index (κ2) is 12.6. The van der Waals surface area contributed by atoms with Gasteiger partial charge in [-0.05, 0) is 48.4 Å². The summed E-state index contributed by atoms with van der Waals surface area (Å²) in [5.74, 6) is -0.979. The van der Waals surface area contributed by atoms with Crippen molar-refractivity contribution in [3.05, 3.63) is 83.9 Å². The Labute approximate surface area is 206 Å². The molecule has 0 atom stereocenters. The molecule has 190 valence electrons. The highest BCUT2D eigenvalue weighted by atomic mass is 19.4. The molecule has 0 aromatic heterocycles. The predicted molar refractivity (Wildman–Crippen MR) is 129 cm³/mol. The molecule has 0 bridgehead atoms. The number of benzene rings is 3. The van der Waals surface area contributed by atoms with E-state index in [9.17, 15) is 22.8 Å². The molecule has 36 heavy (non-hydrogen) atoms. The number of fused-ring (bicyclic) bond motifs is 1. The summed E-state index contributed by atoms with van der Waals surface area (Å²) in [6, 6.07) is 18.6. The summed E-state index contributed by atoms with van der Waals surface area (Å²) in [4.78, 5) is 23.6. The maximum Gasteiger partial charge on any atom is 0.573 e. The number of nitrogens with one attached hydrogen (secondary N) is 1. The number of aliphatic carboxylic acids is 1. The van der Waals surface area contributed by atoms with Gasteiger partial charge in [-0.15, -0.1) is 13.2 Å². The lowest BCUT2D eigenvalue weighted by Crippen LogP contribution is -2.27. The maximum absolute atomic E-state index is 12.9. The normalized spacial score (nSPS) is 11.8. The van der Waals surface area contributed by atoms with Gasteiger partial charge in [0.2, 0.25) is 0 Å². The van der Waals surface area contributed by atoms with Gasteiger partial charge in [0.15, 0.2) is 0 Å². The van der Waals surface area contributed by atoms with Crippen LogP contribution in [-0.2, 0) is 16.1 Å². The van der Waals surface area contributed by atoms with Crippen LogP contribution in [0.2, 0.25) is 0 Å². The summed E-state index contributed by atoms with van der Waals surface area (Å²) in [5, 5.41) is 13.5. The molecule has 3 rings (SSSR count). The zero-order valence-electron chi connectivity index (χ0n) is 19.4. The van der Waals surface area contributed by atoms with Crippen molar-refractivity contribution < 1.29 is 37.3 Å². The maximum atomic E-state index is 12.9. The number of carboxylic acids is 1. The summed E-state index contributed by atoms with van der Waals surface area (Å²) < 4.78 is 46.8. The van der Waals surface area contributed by atoms with Gasteiger partial charge in [-0.25, -0.2) is 0 Å². The Balaban J connectivity index is 1.64. The number of rotatable bonds is 12. The van der Waals surface area contributed by atoms with Crippen LogP contribution in [0.4, 0.5) is 13.2 Å². The number of carbonyl (C=O) groups is 2. The van der Waals surface area contributed by atoms with Crippen LogP contribution in [0.25, 0.3) is 10.8 Å². The van der Waals surface area contributed by atoms with E-state index in [-0.39, 0.29) is 31.2 Å². The molecule has 0 heterocycles.